The van der Waals surface area contributed by atoms with Gasteiger partial charge in [0.15, 0.2) is 0 Å². The minimum Gasteiger partial charge on any atom is -0.372 e. The predicted octanol–water partition coefficient (Wildman–Crippen LogP) is 3.11. The smallest absolute Gasteiger partial charge is 0.240 e. The van der Waals surface area contributed by atoms with Gasteiger partial charge in [-0.1, -0.05) is 23.7 Å². The highest BCUT2D eigenvalue weighted by Crippen LogP contribution is 2.28. The molecule has 1 fully saturated rings. The Morgan fingerprint density at radius 3 is 2.47 bits per heavy atom. The lowest BCUT2D eigenvalue weighted by Crippen LogP contribution is -2.40. The zero-order valence-corrected chi connectivity index (χ0v) is 19.2. The second-order valence-electron chi connectivity index (χ2n) is 7.36. The van der Waals surface area contributed by atoms with Crippen LogP contribution in [0.25, 0.3) is 0 Å². The zero-order chi connectivity index (χ0) is 22.0. The third kappa shape index (κ3) is 4.97. The molecule has 2 aromatic rings. The predicted molar refractivity (Wildman–Crippen MR) is 118 cm³/mol. The Hall–Kier alpha value is -1.65. The number of nitrogens with zero attached hydrogens (tertiary/aromatic N) is 1. The van der Waals surface area contributed by atoms with Crippen LogP contribution in [0.15, 0.2) is 53.4 Å². The fraction of sp³-hybridized carbons (Fsp3) is 0.400. The first kappa shape index (κ1) is 23.0. The molecular weight excluding hydrogens is 448 g/mol. The lowest BCUT2D eigenvalue weighted by Gasteiger charge is -2.29. The van der Waals surface area contributed by atoms with Crippen LogP contribution >= 0.6 is 11.6 Å². The number of rotatable bonds is 7. The van der Waals surface area contributed by atoms with Crippen molar-refractivity contribution in [2.24, 2.45) is 0 Å². The molecule has 0 aliphatic carbocycles. The number of hydrogen-bond donors (Lipinski definition) is 1. The summed E-state index contributed by atoms with van der Waals surface area (Å²) in [6.45, 7) is 2.17. The third-order valence-electron chi connectivity index (χ3n) is 5.27. The van der Waals surface area contributed by atoms with Gasteiger partial charge in [-0.3, -0.25) is 4.31 Å². The molecule has 1 N–H and O–H groups in total. The molecule has 30 heavy (non-hydrogen) atoms. The van der Waals surface area contributed by atoms with E-state index in [0.29, 0.717) is 23.7 Å². The maximum Gasteiger partial charge on any atom is 0.240 e. The molecule has 7 nitrogen and oxygen atoms in total. The van der Waals surface area contributed by atoms with Gasteiger partial charge < -0.3 is 4.74 Å². The topological polar surface area (TPSA) is 92.8 Å². The number of nitrogens with one attached hydrogen (secondary N) is 1. The first-order chi connectivity index (χ1) is 14.1. The summed E-state index contributed by atoms with van der Waals surface area (Å²) in [5.41, 5.74) is 0.292. The van der Waals surface area contributed by atoms with Crippen molar-refractivity contribution in [2.75, 3.05) is 30.3 Å². The molecule has 3 rings (SSSR count). The molecule has 1 aliphatic heterocycles. The molecule has 0 aromatic heterocycles. The Morgan fingerprint density at radius 2 is 1.87 bits per heavy atom. The maximum atomic E-state index is 12.8. The molecular formula is C20H25ClN2O5S2. The van der Waals surface area contributed by atoms with E-state index >= 15 is 0 Å². The van der Waals surface area contributed by atoms with Crippen molar-refractivity contribution in [3.8, 4) is 0 Å². The molecule has 1 saturated heterocycles. The fourth-order valence-corrected chi connectivity index (χ4v) is 6.25. The van der Waals surface area contributed by atoms with Gasteiger partial charge in [-0.25, -0.2) is 21.6 Å². The Bertz CT molecular complexity index is 1100. The average molecular weight is 473 g/mol. The highest BCUT2D eigenvalue weighted by molar-refractivity contribution is 7.92. The van der Waals surface area contributed by atoms with E-state index < -0.39 is 25.6 Å². The van der Waals surface area contributed by atoms with E-state index in [1.54, 1.807) is 25.1 Å². The van der Waals surface area contributed by atoms with Crippen LogP contribution in [0.1, 0.15) is 25.3 Å². The van der Waals surface area contributed by atoms with Gasteiger partial charge in [-0.05, 0) is 61.7 Å². The summed E-state index contributed by atoms with van der Waals surface area (Å²) in [4.78, 5) is 0.0465. The molecule has 1 unspecified atom stereocenters. The second-order valence-corrected chi connectivity index (χ2v) is 11.6. The number of halogens is 1. The molecule has 0 saturated carbocycles. The van der Waals surface area contributed by atoms with Crippen LogP contribution in [0.4, 0.5) is 5.69 Å². The number of sulfonamides is 2. The first-order valence-corrected chi connectivity index (χ1v) is 13.0. The van der Waals surface area contributed by atoms with Gasteiger partial charge in [-0.2, -0.15) is 0 Å². The number of methoxy groups -OCH3 is 1. The minimum absolute atomic E-state index is 0.00552. The maximum absolute atomic E-state index is 12.8. The summed E-state index contributed by atoms with van der Waals surface area (Å²) in [6.07, 6.45) is 1.42. The molecule has 10 heteroatoms. The van der Waals surface area contributed by atoms with Crippen molar-refractivity contribution < 1.29 is 21.6 Å². The van der Waals surface area contributed by atoms with Crippen molar-refractivity contribution >= 4 is 37.3 Å². The normalized spacial score (nSPS) is 18.7. The van der Waals surface area contributed by atoms with Crippen LogP contribution in [0, 0.1) is 0 Å². The van der Waals surface area contributed by atoms with E-state index in [-0.39, 0.29) is 17.2 Å². The van der Waals surface area contributed by atoms with E-state index in [9.17, 15) is 16.8 Å². The number of benzene rings is 2. The second kappa shape index (κ2) is 8.84. The average Bonchev–Trinajstić information content (AvgIpc) is 2.72. The lowest BCUT2D eigenvalue weighted by atomic mass is 9.96. The van der Waals surface area contributed by atoms with Crippen LogP contribution in [0.3, 0.4) is 0 Å². The van der Waals surface area contributed by atoms with E-state index in [4.69, 9.17) is 16.3 Å². The molecule has 1 heterocycles. The van der Waals surface area contributed by atoms with Crippen LogP contribution < -0.4 is 9.03 Å². The molecule has 0 amide bonds. The summed E-state index contributed by atoms with van der Waals surface area (Å²) >= 11 is 6.05. The Kier molecular flexibility index (Phi) is 6.78. The van der Waals surface area contributed by atoms with Gasteiger partial charge in [-0.15, -0.1) is 0 Å². The first-order valence-electron chi connectivity index (χ1n) is 9.49. The van der Waals surface area contributed by atoms with Crippen LogP contribution in [0.5, 0.6) is 0 Å². The standard InChI is InChI=1S/C20H25ClN2O5S2/c1-20(28-2,16-6-5-7-17(21)14-16)15-22-30(26,27)19-10-8-18(9-11-19)23-12-3-4-13-29(23,24)25/h5-11,14,22H,3-4,12-13,15H2,1-2H3. The van der Waals surface area contributed by atoms with Gasteiger partial charge >= 0.3 is 0 Å². The molecule has 2 aromatic carbocycles. The van der Waals surface area contributed by atoms with Gasteiger partial charge in [0.2, 0.25) is 20.0 Å². The molecule has 0 spiro atoms. The summed E-state index contributed by atoms with van der Waals surface area (Å²) in [7, 11) is -5.68. The Labute approximate surface area is 183 Å². The van der Waals surface area contributed by atoms with Crippen LogP contribution in [-0.2, 0) is 30.4 Å². The van der Waals surface area contributed by atoms with Crippen LogP contribution in [-0.4, -0.2) is 42.8 Å². The van der Waals surface area contributed by atoms with Crippen LogP contribution in [0.2, 0.25) is 5.02 Å². The quantitative estimate of drug-likeness (QED) is 0.668. The molecule has 164 valence electrons. The highest BCUT2D eigenvalue weighted by atomic mass is 35.5. The van der Waals surface area contributed by atoms with Gasteiger partial charge in [0.25, 0.3) is 0 Å². The SMILES string of the molecule is COC(C)(CNS(=O)(=O)c1ccc(N2CCCCS2(=O)=O)cc1)c1cccc(Cl)c1. The fourth-order valence-electron chi connectivity index (χ4n) is 3.30. The zero-order valence-electron chi connectivity index (χ0n) is 16.8. The minimum atomic E-state index is -3.83. The molecule has 0 bridgehead atoms. The molecule has 0 radical (unpaired) electrons. The summed E-state index contributed by atoms with van der Waals surface area (Å²) in [6, 6.07) is 12.9. The van der Waals surface area contributed by atoms with Crippen molar-refractivity contribution in [3.63, 3.8) is 0 Å². The number of hydrogen-bond acceptors (Lipinski definition) is 5. The number of ether oxygens (including phenoxy) is 1. The molecule has 1 atom stereocenters. The van der Waals surface area contributed by atoms with E-state index in [1.165, 1.54) is 35.7 Å². The lowest BCUT2D eigenvalue weighted by molar-refractivity contribution is 0.00699. The summed E-state index contributed by atoms with van der Waals surface area (Å²) in [5, 5.41) is 0.530. The molecule has 1 aliphatic rings. The summed E-state index contributed by atoms with van der Waals surface area (Å²) in [5.74, 6) is 0.105. The van der Waals surface area contributed by atoms with Crippen molar-refractivity contribution in [1.82, 2.24) is 4.72 Å². The van der Waals surface area contributed by atoms with Gasteiger partial charge in [0.1, 0.15) is 5.60 Å². The largest absolute Gasteiger partial charge is 0.372 e. The van der Waals surface area contributed by atoms with E-state index in [1.807, 2.05) is 6.07 Å². The third-order valence-corrected chi connectivity index (χ3v) is 8.79. The van der Waals surface area contributed by atoms with E-state index in [0.717, 1.165) is 12.0 Å². The van der Waals surface area contributed by atoms with Crippen molar-refractivity contribution in [2.45, 2.75) is 30.3 Å². The monoisotopic (exact) mass is 472 g/mol. The van der Waals surface area contributed by atoms with E-state index in [2.05, 4.69) is 4.72 Å². The van der Waals surface area contributed by atoms with Crippen molar-refractivity contribution in [3.05, 3.63) is 59.1 Å². The Balaban J connectivity index is 1.77. The number of anilines is 1. The Morgan fingerprint density at radius 1 is 1.17 bits per heavy atom. The van der Waals surface area contributed by atoms with Gasteiger partial charge in [0.05, 0.1) is 16.3 Å². The van der Waals surface area contributed by atoms with Crippen molar-refractivity contribution in [1.29, 1.82) is 0 Å². The highest BCUT2D eigenvalue weighted by Gasteiger charge is 2.30. The van der Waals surface area contributed by atoms with Gasteiger partial charge in [0, 0.05) is 25.2 Å². The summed E-state index contributed by atoms with van der Waals surface area (Å²) < 4.78 is 59.5.